The van der Waals surface area contributed by atoms with Crippen molar-refractivity contribution in [2.24, 2.45) is 23.5 Å². The number of nitrogens with zero attached hydrogens (tertiary/aromatic N) is 4. The molecule has 0 bridgehead atoms. The van der Waals surface area contributed by atoms with Crippen LogP contribution in [0.5, 0.6) is 0 Å². The molecule has 4 N–H and O–H groups in total. The Labute approximate surface area is 457 Å². The van der Waals surface area contributed by atoms with Crippen LogP contribution in [0.3, 0.4) is 0 Å². The number of hydrogen-bond donors (Lipinski definition) is 3. The van der Waals surface area contributed by atoms with Crippen molar-refractivity contribution in [1.29, 1.82) is 0 Å². The zero-order valence-corrected chi connectivity index (χ0v) is 47.0. The monoisotopic (exact) mass is 1080 g/mol. The van der Waals surface area contributed by atoms with Gasteiger partial charge < -0.3 is 58.8 Å². The maximum Gasteiger partial charge on any atom is 0.509 e. The van der Waals surface area contributed by atoms with E-state index in [4.69, 9.17) is 38.9 Å². The number of cyclic esters (lactones) is 1. The summed E-state index contributed by atoms with van der Waals surface area (Å²) in [5.41, 5.74) is 4.02. The zero-order chi connectivity index (χ0) is 56.8. The van der Waals surface area contributed by atoms with Crippen molar-refractivity contribution in [1.82, 2.24) is 24.7 Å². The predicted octanol–water partition coefficient (Wildman–Crippen LogP) is 5.07. The summed E-state index contributed by atoms with van der Waals surface area (Å²) in [4.78, 5) is 89.7. The minimum absolute atomic E-state index is 0.0565. The number of aromatic nitrogens is 2. The lowest BCUT2D eigenvalue weighted by molar-refractivity contribution is -0.301. The van der Waals surface area contributed by atoms with Crippen LogP contribution in [-0.4, -0.2) is 161 Å². The Balaban J connectivity index is 1.18. The van der Waals surface area contributed by atoms with Crippen LogP contribution in [0.1, 0.15) is 128 Å². The van der Waals surface area contributed by atoms with Gasteiger partial charge in [-0.3, -0.25) is 33.9 Å². The lowest BCUT2D eigenvalue weighted by atomic mass is 9.77. The smallest absolute Gasteiger partial charge is 0.461 e. The summed E-state index contributed by atoms with van der Waals surface area (Å²) in [5.74, 6) is 1.06. The number of aliphatic hydroxyl groups is 1. The first-order valence-corrected chi connectivity index (χ1v) is 27.4. The minimum Gasteiger partial charge on any atom is -0.461 e. The number of rotatable bonds is 15. The molecule has 426 valence electrons. The molecule has 1 saturated carbocycles. The third-order valence-electron chi connectivity index (χ3n) is 16.0. The second-order valence-electron chi connectivity index (χ2n) is 22.6. The van der Waals surface area contributed by atoms with E-state index in [0.717, 1.165) is 18.4 Å². The van der Waals surface area contributed by atoms with Crippen molar-refractivity contribution in [2.75, 3.05) is 40.8 Å². The highest BCUT2D eigenvalue weighted by Gasteiger charge is 2.58. The number of nitrogens with one attached hydrogen (secondary N) is 1. The Bertz CT molecular complexity index is 2760. The molecule has 5 heterocycles. The van der Waals surface area contributed by atoms with Crippen molar-refractivity contribution in [3.05, 3.63) is 75.8 Å². The average molecular weight is 1090 g/mol. The van der Waals surface area contributed by atoms with Crippen LogP contribution in [0.15, 0.2) is 53.7 Å². The summed E-state index contributed by atoms with van der Waals surface area (Å²) in [7, 11) is 5.61. The van der Waals surface area contributed by atoms with Gasteiger partial charge in [0.25, 0.3) is 5.91 Å². The van der Waals surface area contributed by atoms with Crippen LogP contribution >= 0.6 is 0 Å². The first kappa shape index (κ1) is 59.7. The van der Waals surface area contributed by atoms with Crippen LogP contribution in [0.25, 0.3) is 10.9 Å². The molecule has 78 heavy (non-hydrogen) atoms. The number of nitrogens with two attached hydrogens (primary N) is 1. The molecule has 2 aromatic heterocycles. The van der Waals surface area contributed by atoms with Gasteiger partial charge in [0.1, 0.15) is 35.6 Å². The molecule has 3 saturated heterocycles. The average Bonchev–Trinajstić information content (AvgIpc) is 4.36. The Morgan fingerprint density at radius 3 is 2.44 bits per heavy atom. The van der Waals surface area contributed by atoms with Gasteiger partial charge in [-0.1, -0.05) is 38.7 Å². The standard InChI is InChI=1S/C58H80N6O14/c1-12-45-58(8)52(76-56(71)78-58)37(6)63(11)31-33(2)29-57(7,77-46(65)22-25-60-23-14-13-16-38-18-21-43-41(27-38)48(67)42(53(59)69)32-64(43)40-19-20-40)51(75-55-49(68)44(62(9)10)26-34(3)72-55)35(4)50(36(5)54(70)73-45)74-47(66)28-39-17-15-24-61-30-39/h15,17-18,21,24,27,30,32-37,40,44-45,49-52,55,60,68H,12,14,19-20,22-23,25-26,28-29,31H2,1-11H3,(H2,59,69)/t33-,34-,35+,36-,37-,44+,45-,49-,50+,51-,52-,55+,57-,58-/m1/s1. The number of likely N-dealkylation sites (N-methyl/N-ethyl adjacent to an activating group) is 2. The Morgan fingerprint density at radius 2 is 1.77 bits per heavy atom. The molecule has 1 aliphatic carbocycles. The number of fused-ring (bicyclic) bond motifs is 2. The number of carbonyl (C=O) groups is 5. The van der Waals surface area contributed by atoms with Gasteiger partial charge in [-0.05, 0) is 124 Å². The number of carbonyl (C=O) groups excluding carboxylic acids is 5. The van der Waals surface area contributed by atoms with Gasteiger partial charge in [0.15, 0.2) is 18.0 Å². The van der Waals surface area contributed by atoms with E-state index in [2.05, 4.69) is 22.1 Å². The SMILES string of the molecule is CC[C@H]1OC(=O)[C@H](C)[C@@H](OC(=O)Cc2cccnc2)[C@H](C)[C@@H](O[C@@H]2O[C@H](C)C[C@H](N(C)C)[C@H]2O)[C@](C)(OC(=O)CCNCCC#Cc2ccc3c(c2)c(=O)c(C(N)=O)cn3C2CC2)C[C@@H](C)CN(C)[C@H](C)[C@H]2OC(=O)O[C@@]21C. The summed E-state index contributed by atoms with van der Waals surface area (Å²) in [6.45, 7) is 15.4. The van der Waals surface area contributed by atoms with E-state index in [1.165, 1.54) is 0 Å². The van der Waals surface area contributed by atoms with Gasteiger partial charge >= 0.3 is 24.1 Å². The molecule has 20 heteroatoms. The number of esters is 3. The summed E-state index contributed by atoms with van der Waals surface area (Å²) >= 11 is 0. The molecule has 3 aromatic rings. The maximum atomic E-state index is 14.7. The van der Waals surface area contributed by atoms with E-state index in [1.54, 1.807) is 64.5 Å². The highest BCUT2D eigenvalue weighted by molar-refractivity contribution is 5.96. The molecule has 1 amide bonds. The van der Waals surface area contributed by atoms with Crippen LogP contribution in [0.2, 0.25) is 0 Å². The van der Waals surface area contributed by atoms with Gasteiger partial charge in [-0.2, -0.15) is 0 Å². The second-order valence-corrected chi connectivity index (χ2v) is 22.6. The molecule has 0 spiro atoms. The van der Waals surface area contributed by atoms with Crippen molar-refractivity contribution in [2.45, 2.75) is 179 Å². The minimum atomic E-state index is -1.55. The number of pyridine rings is 2. The number of primary amides is 1. The highest BCUT2D eigenvalue weighted by Crippen LogP contribution is 2.42. The number of hydrogen-bond acceptors (Lipinski definition) is 18. The van der Waals surface area contributed by atoms with Gasteiger partial charge in [0, 0.05) is 79.6 Å². The van der Waals surface area contributed by atoms with E-state index in [0.29, 0.717) is 42.4 Å². The normalized spacial score (nSPS) is 32.1. The number of aliphatic hydroxyl groups excluding tert-OH is 1. The molecule has 20 nitrogen and oxygen atoms in total. The summed E-state index contributed by atoms with van der Waals surface area (Å²) in [6.07, 6.45) is -0.345. The first-order valence-electron chi connectivity index (χ1n) is 27.4. The third kappa shape index (κ3) is 13.9. The fourth-order valence-electron chi connectivity index (χ4n) is 11.7. The maximum absolute atomic E-state index is 14.7. The highest BCUT2D eigenvalue weighted by atomic mass is 16.8. The Morgan fingerprint density at radius 1 is 1.03 bits per heavy atom. The molecule has 3 aliphatic heterocycles. The number of benzene rings is 1. The van der Waals surface area contributed by atoms with Crippen LogP contribution < -0.4 is 16.5 Å². The van der Waals surface area contributed by atoms with E-state index in [9.17, 15) is 33.9 Å². The molecule has 1 aromatic carbocycles. The van der Waals surface area contributed by atoms with Crippen molar-refractivity contribution < 1.29 is 62.2 Å². The van der Waals surface area contributed by atoms with E-state index < -0.39 is 101 Å². The Kier molecular flexibility index (Phi) is 19.5. The van der Waals surface area contributed by atoms with E-state index in [1.807, 2.05) is 75.3 Å². The summed E-state index contributed by atoms with van der Waals surface area (Å²) < 4.78 is 46.4. The largest absolute Gasteiger partial charge is 0.509 e. The molecular formula is C58H80N6O14. The number of ether oxygens (including phenoxy) is 7. The predicted molar refractivity (Wildman–Crippen MR) is 288 cm³/mol. The van der Waals surface area contributed by atoms with Crippen molar-refractivity contribution >= 4 is 40.9 Å². The van der Waals surface area contributed by atoms with Gasteiger partial charge in [0.05, 0.1) is 30.4 Å². The fraction of sp³-hybridized carbons (Fsp3) is 0.638. The van der Waals surface area contributed by atoms with Crippen molar-refractivity contribution in [3.63, 3.8) is 0 Å². The van der Waals surface area contributed by atoms with Crippen LogP contribution in [0.4, 0.5) is 4.79 Å². The van der Waals surface area contributed by atoms with E-state index >= 15 is 0 Å². The van der Waals surface area contributed by atoms with Crippen LogP contribution in [-0.2, 0) is 54.0 Å². The summed E-state index contributed by atoms with van der Waals surface area (Å²) in [5, 5.41) is 15.6. The Hall–Kier alpha value is -5.95. The second kappa shape index (κ2) is 25.4. The van der Waals surface area contributed by atoms with Crippen LogP contribution in [0, 0.1) is 29.6 Å². The lowest BCUT2D eigenvalue weighted by Gasteiger charge is -2.48. The molecular weight excluding hydrogens is 1000 g/mol. The topological polar surface area (TPSA) is 250 Å². The quantitative estimate of drug-likeness (QED) is 0.0778. The molecule has 0 unspecified atom stereocenters. The molecule has 4 fully saturated rings. The van der Waals surface area contributed by atoms with E-state index in [-0.39, 0.29) is 61.9 Å². The molecule has 0 radical (unpaired) electrons. The molecule has 7 rings (SSSR count). The van der Waals surface area contributed by atoms with Gasteiger partial charge in [-0.25, -0.2) is 4.79 Å². The zero-order valence-electron chi connectivity index (χ0n) is 47.0. The van der Waals surface area contributed by atoms with Crippen molar-refractivity contribution in [3.8, 4) is 11.8 Å². The number of amides is 1. The first-order chi connectivity index (χ1) is 36.9. The van der Waals surface area contributed by atoms with Gasteiger partial charge in [-0.15, -0.1) is 0 Å². The molecule has 14 atom stereocenters. The lowest BCUT2D eigenvalue weighted by Crippen LogP contribution is -2.60. The fourth-order valence-corrected chi connectivity index (χ4v) is 11.7. The molecule has 4 aliphatic rings. The van der Waals surface area contributed by atoms with Gasteiger partial charge in [0.2, 0.25) is 5.43 Å². The summed E-state index contributed by atoms with van der Waals surface area (Å²) in [6, 6.07) is 8.17. The third-order valence-corrected chi connectivity index (χ3v) is 16.0.